The van der Waals surface area contributed by atoms with Gasteiger partial charge in [0.25, 0.3) is 0 Å². The highest BCUT2D eigenvalue weighted by molar-refractivity contribution is 5.89. The number of hydrogen-bond donors (Lipinski definition) is 2. The Labute approximate surface area is 116 Å². The van der Waals surface area contributed by atoms with Crippen LogP contribution in [-0.4, -0.2) is 37.0 Å². The van der Waals surface area contributed by atoms with Crippen LogP contribution in [0.2, 0.25) is 0 Å². The predicted molar refractivity (Wildman–Crippen MR) is 80.2 cm³/mol. The molecule has 0 aliphatic rings. The number of likely N-dealkylation sites (N-methyl/N-ethyl adjacent to an activating group) is 1. The Morgan fingerprint density at radius 2 is 1.89 bits per heavy atom. The van der Waals surface area contributed by atoms with Gasteiger partial charge in [0.1, 0.15) is 0 Å². The van der Waals surface area contributed by atoms with E-state index in [1.54, 1.807) is 0 Å². The van der Waals surface area contributed by atoms with E-state index in [9.17, 15) is 4.79 Å². The zero-order valence-electron chi connectivity index (χ0n) is 12.6. The summed E-state index contributed by atoms with van der Waals surface area (Å²) < 4.78 is 0. The molecule has 0 saturated carbocycles. The van der Waals surface area contributed by atoms with Gasteiger partial charge in [0.2, 0.25) is 5.91 Å². The topological polar surface area (TPSA) is 44.4 Å². The third-order valence-corrected chi connectivity index (χ3v) is 3.41. The second kappa shape index (κ2) is 6.68. The van der Waals surface area contributed by atoms with Crippen LogP contribution in [0.1, 0.15) is 26.3 Å². The van der Waals surface area contributed by atoms with Crippen LogP contribution in [0.3, 0.4) is 0 Å². The molecule has 4 heteroatoms. The van der Waals surface area contributed by atoms with Crippen molar-refractivity contribution < 1.29 is 4.79 Å². The van der Waals surface area contributed by atoms with Crippen molar-refractivity contribution in [1.29, 1.82) is 0 Å². The van der Waals surface area contributed by atoms with E-state index in [1.807, 2.05) is 24.3 Å². The average molecular weight is 263 g/mol. The molecule has 0 saturated heterocycles. The molecule has 0 aliphatic heterocycles. The van der Waals surface area contributed by atoms with Crippen molar-refractivity contribution in [1.82, 2.24) is 10.2 Å². The van der Waals surface area contributed by atoms with Gasteiger partial charge in [-0.2, -0.15) is 0 Å². The van der Waals surface area contributed by atoms with Gasteiger partial charge >= 0.3 is 0 Å². The summed E-state index contributed by atoms with van der Waals surface area (Å²) in [5, 5.41) is 6.30. The molecule has 1 rings (SSSR count). The highest BCUT2D eigenvalue weighted by atomic mass is 16.1. The number of para-hydroxylation sites is 1. The third kappa shape index (κ3) is 5.01. The minimum absolute atomic E-state index is 0.0407. The summed E-state index contributed by atoms with van der Waals surface area (Å²) in [5.74, 6) is -0.0407. The normalized spacial score (nSPS) is 11.7. The summed E-state index contributed by atoms with van der Waals surface area (Å²) in [6.45, 7) is 7.54. The Morgan fingerprint density at radius 1 is 1.26 bits per heavy atom. The van der Waals surface area contributed by atoms with E-state index in [2.05, 4.69) is 43.5 Å². The van der Waals surface area contributed by atoms with Gasteiger partial charge in [0.15, 0.2) is 0 Å². The zero-order chi connectivity index (χ0) is 14.5. The largest absolute Gasteiger partial charge is 0.326 e. The van der Waals surface area contributed by atoms with Gasteiger partial charge in [-0.3, -0.25) is 4.79 Å². The van der Waals surface area contributed by atoms with Crippen molar-refractivity contribution in [2.24, 2.45) is 0 Å². The second-order valence-corrected chi connectivity index (χ2v) is 5.65. The maximum absolute atomic E-state index is 11.1. The van der Waals surface area contributed by atoms with Gasteiger partial charge in [0, 0.05) is 31.2 Å². The lowest BCUT2D eigenvalue weighted by atomic mass is 10.0. The first-order chi connectivity index (χ1) is 8.83. The average Bonchev–Trinajstić information content (AvgIpc) is 2.30. The summed E-state index contributed by atoms with van der Waals surface area (Å²) in [6.07, 6.45) is 0. The summed E-state index contributed by atoms with van der Waals surface area (Å²) in [6, 6.07) is 7.87. The number of carbonyl (C=O) groups is 1. The van der Waals surface area contributed by atoms with E-state index in [1.165, 1.54) is 6.92 Å². The predicted octanol–water partition coefficient (Wildman–Crippen LogP) is 2.07. The standard InChI is InChI=1S/C15H25N3O/c1-12(19)17-14-9-7-6-8-13(14)10-16-11-15(2,3)18(4)5/h6-9,16H,10-11H2,1-5H3,(H,17,19). The highest BCUT2D eigenvalue weighted by Gasteiger charge is 2.19. The molecule has 0 radical (unpaired) electrons. The number of rotatable bonds is 6. The van der Waals surface area contributed by atoms with E-state index in [0.29, 0.717) is 0 Å². The third-order valence-electron chi connectivity index (χ3n) is 3.41. The summed E-state index contributed by atoms with van der Waals surface area (Å²) in [4.78, 5) is 13.3. The smallest absolute Gasteiger partial charge is 0.221 e. The molecule has 0 heterocycles. The first kappa shape index (κ1) is 15.7. The van der Waals surface area contributed by atoms with E-state index in [4.69, 9.17) is 0 Å². The minimum atomic E-state index is -0.0407. The quantitative estimate of drug-likeness (QED) is 0.826. The van der Waals surface area contributed by atoms with Crippen LogP contribution in [0.25, 0.3) is 0 Å². The van der Waals surface area contributed by atoms with Crippen LogP contribution in [0.5, 0.6) is 0 Å². The van der Waals surface area contributed by atoms with Crippen LogP contribution < -0.4 is 10.6 Å². The molecule has 1 amide bonds. The van der Waals surface area contributed by atoms with E-state index in [0.717, 1.165) is 24.3 Å². The SMILES string of the molecule is CC(=O)Nc1ccccc1CNCC(C)(C)N(C)C. The Bertz CT molecular complexity index is 427. The van der Waals surface area contributed by atoms with Gasteiger partial charge in [-0.25, -0.2) is 0 Å². The Morgan fingerprint density at radius 3 is 2.47 bits per heavy atom. The lowest BCUT2D eigenvalue weighted by Gasteiger charge is -2.32. The van der Waals surface area contributed by atoms with Crippen LogP contribution >= 0.6 is 0 Å². The van der Waals surface area contributed by atoms with Crippen LogP contribution in [-0.2, 0) is 11.3 Å². The number of nitrogens with one attached hydrogen (secondary N) is 2. The van der Waals surface area contributed by atoms with E-state index < -0.39 is 0 Å². The fourth-order valence-corrected chi connectivity index (χ4v) is 1.65. The zero-order valence-corrected chi connectivity index (χ0v) is 12.6. The lowest BCUT2D eigenvalue weighted by molar-refractivity contribution is -0.114. The maximum atomic E-state index is 11.1. The molecule has 19 heavy (non-hydrogen) atoms. The first-order valence-electron chi connectivity index (χ1n) is 6.56. The molecular formula is C15H25N3O. The van der Waals surface area contributed by atoms with Crippen LogP contribution in [0, 0.1) is 0 Å². The van der Waals surface area contributed by atoms with Gasteiger partial charge in [0.05, 0.1) is 0 Å². The fourth-order valence-electron chi connectivity index (χ4n) is 1.65. The molecule has 4 nitrogen and oxygen atoms in total. The van der Waals surface area contributed by atoms with E-state index in [-0.39, 0.29) is 11.4 Å². The van der Waals surface area contributed by atoms with Crippen molar-refractivity contribution in [3.63, 3.8) is 0 Å². The molecule has 106 valence electrons. The number of hydrogen-bond acceptors (Lipinski definition) is 3. The Kier molecular flexibility index (Phi) is 5.51. The number of anilines is 1. The van der Waals surface area contributed by atoms with Crippen molar-refractivity contribution in [2.75, 3.05) is 26.0 Å². The molecule has 0 aromatic heterocycles. The fraction of sp³-hybridized carbons (Fsp3) is 0.533. The first-order valence-corrected chi connectivity index (χ1v) is 6.56. The van der Waals surface area contributed by atoms with Gasteiger partial charge in [-0.05, 0) is 39.6 Å². The van der Waals surface area contributed by atoms with Crippen molar-refractivity contribution in [3.05, 3.63) is 29.8 Å². The van der Waals surface area contributed by atoms with Crippen LogP contribution in [0.4, 0.5) is 5.69 Å². The number of amides is 1. The molecule has 0 spiro atoms. The molecule has 0 bridgehead atoms. The number of carbonyl (C=O) groups excluding carboxylic acids is 1. The molecule has 0 aliphatic carbocycles. The second-order valence-electron chi connectivity index (χ2n) is 5.65. The maximum Gasteiger partial charge on any atom is 0.221 e. The van der Waals surface area contributed by atoms with Crippen molar-refractivity contribution in [3.8, 4) is 0 Å². The number of nitrogens with zero attached hydrogens (tertiary/aromatic N) is 1. The molecular weight excluding hydrogens is 238 g/mol. The summed E-state index contributed by atoms with van der Waals surface area (Å²) >= 11 is 0. The number of benzene rings is 1. The summed E-state index contributed by atoms with van der Waals surface area (Å²) in [7, 11) is 4.15. The highest BCUT2D eigenvalue weighted by Crippen LogP contribution is 2.15. The summed E-state index contributed by atoms with van der Waals surface area (Å²) in [5.41, 5.74) is 2.08. The molecule has 1 aromatic carbocycles. The lowest BCUT2D eigenvalue weighted by Crippen LogP contribution is -2.46. The van der Waals surface area contributed by atoms with Gasteiger partial charge in [-0.15, -0.1) is 0 Å². The van der Waals surface area contributed by atoms with Crippen LogP contribution in [0.15, 0.2) is 24.3 Å². The molecule has 2 N–H and O–H groups in total. The Balaban J connectivity index is 2.61. The van der Waals surface area contributed by atoms with Gasteiger partial charge in [-0.1, -0.05) is 18.2 Å². The van der Waals surface area contributed by atoms with Gasteiger partial charge < -0.3 is 15.5 Å². The van der Waals surface area contributed by atoms with E-state index >= 15 is 0 Å². The minimum Gasteiger partial charge on any atom is -0.326 e. The molecule has 0 fully saturated rings. The molecule has 0 atom stereocenters. The Hall–Kier alpha value is -1.39. The molecule has 1 aromatic rings. The monoisotopic (exact) mass is 263 g/mol. The molecule has 0 unspecified atom stereocenters. The van der Waals surface area contributed by atoms with Crippen molar-refractivity contribution in [2.45, 2.75) is 32.9 Å². The van der Waals surface area contributed by atoms with Crippen molar-refractivity contribution >= 4 is 11.6 Å².